The summed E-state index contributed by atoms with van der Waals surface area (Å²) in [6, 6.07) is 3.81. The Bertz CT molecular complexity index is 407. The van der Waals surface area contributed by atoms with E-state index >= 15 is 0 Å². The maximum atomic E-state index is 11.8. The molecule has 0 saturated carbocycles. The second-order valence-electron chi connectivity index (χ2n) is 4.44. The Morgan fingerprint density at radius 3 is 2.61 bits per heavy atom. The molecule has 1 unspecified atom stereocenters. The first-order valence-corrected chi connectivity index (χ1v) is 6.08. The van der Waals surface area contributed by atoms with Crippen molar-refractivity contribution in [2.45, 2.75) is 25.4 Å². The Balaban J connectivity index is 1.90. The van der Waals surface area contributed by atoms with E-state index in [1.807, 2.05) is 0 Å². The molecule has 1 aromatic carbocycles. The number of ether oxygens (including phenoxy) is 1. The molecule has 18 heavy (non-hydrogen) atoms. The minimum atomic E-state index is -0.324. The Hall–Kier alpha value is -1.75. The molecule has 1 aliphatic heterocycles. The van der Waals surface area contributed by atoms with Gasteiger partial charge < -0.3 is 20.3 Å². The third kappa shape index (κ3) is 3.37. The molecular formula is C13H17NO4. The molecule has 2 rings (SSSR count). The predicted molar refractivity (Wildman–Crippen MR) is 65.7 cm³/mol. The van der Waals surface area contributed by atoms with Crippen LogP contribution in [0.5, 0.6) is 11.5 Å². The van der Waals surface area contributed by atoms with Crippen molar-refractivity contribution in [3.05, 3.63) is 23.8 Å². The molecule has 3 N–H and O–H groups in total. The molecule has 0 spiro atoms. The van der Waals surface area contributed by atoms with E-state index in [0.717, 1.165) is 25.9 Å². The highest BCUT2D eigenvalue weighted by Gasteiger charge is 2.15. The quantitative estimate of drug-likeness (QED) is 0.758. The minimum Gasteiger partial charge on any atom is -0.508 e. The highest BCUT2D eigenvalue weighted by Crippen LogP contribution is 2.20. The molecule has 1 aliphatic rings. The minimum absolute atomic E-state index is 0.0635. The molecule has 1 heterocycles. The van der Waals surface area contributed by atoms with E-state index < -0.39 is 0 Å². The van der Waals surface area contributed by atoms with Crippen LogP contribution in [0.25, 0.3) is 0 Å². The van der Waals surface area contributed by atoms with E-state index in [9.17, 15) is 15.0 Å². The molecule has 0 aromatic heterocycles. The number of phenolic OH excluding ortho intramolecular Hbond substituents is 2. The van der Waals surface area contributed by atoms with Crippen LogP contribution in [0.15, 0.2) is 18.2 Å². The van der Waals surface area contributed by atoms with Crippen LogP contribution in [0, 0.1) is 0 Å². The zero-order valence-corrected chi connectivity index (χ0v) is 10.1. The van der Waals surface area contributed by atoms with Gasteiger partial charge in [0.15, 0.2) is 0 Å². The second kappa shape index (κ2) is 5.73. The van der Waals surface area contributed by atoms with Crippen molar-refractivity contribution in [1.82, 2.24) is 5.32 Å². The first kappa shape index (κ1) is 12.7. The average Bonchev–Trinajstić information content (AvgIpc) is 2.36. The van der Waals surface area contributed by atoms with Crippen LogP contribution in [0.2, 0.25) is 0 Å². The normalized spacial score (nSPS) is 19.4. The molecule has 0 radical (unpaired) electrons. The van der Waals surface area contributed by atoms with Crippen LogP contribution < -0.4 is 5.32 Å². The lowest BCUT2D eigenvalue weighted by molar-refractivity contribution is 0.0169. The van der Waals surface area contributed by atoms with Gasteiger partial charge >= 0.3 is 0 Å². The van der Waals surface area contributed by atoms with Crippen LogP contribution in [0.4, 0.5) is 0 Å². The third-order valence-corrected chi connectivity index (χ3v) is 2.93. The number of phenols is 2. The van der Waals surface area contributed by atoms with Gasteiger partial charge in [-0.05, 0) is 31.4 Å². The van der Waals surface area contributed by atoms with Crippen molar-refractivity contribution in [2.75, 3.05) is 13.2 Å². The number of rotatable bonds is 3. The van der Waals surface area contributed by atoms with E-state index in [-0.39, 0.29) is 29.1 Å². The summed E-state index contributed by atoms with van der Waals surface area (Å²) in [4.78, 5) is 11.8. The molecule has 5 nitrogen and oxygen atoms in total. The van der Waals surface area contributed by atoms with E-state index in [0.29, 0.717) is 6.54 Å². The summed E-state index contributed by atoms with van der Waals surface area (Å²) in [7, 11) is 0. The predicted octanol–water partition coefficient (Wildman–Crippen LogP) is 1.40. The molecule has 1 aromatic rings. The summed E-state index contributed by atoms with van der Waals surface area (Å²) in [5.74, 6) is -0.585. The summed E-state index contributed by atoms with van der Waals surface area (Å²) in [5.41, 5.74) is 0.239. The molecule has 5 heteroatoms. The van der Waals surface area contributed by atoms with Crippen LogP contribution >= 0.6 is 0 Å². The lowest BCUT2D eigenvalue weighted by Crippen LogP contribution is -2.35. The zero-order chi connectivity index (χ0) is 13.0. The van der Waals surface area contributed by atoms with Gasteiger partial charge in [-0.1, -0.05) is 0 Å². The maximum Gasteiger partial charge on any atom is 0.251 e. The summed E-state index contributed by atoms with van der Waals surface area (Å²) in [6.07, 6.45) is 3.21. The number of benzene rings is 1. The summed E-state index contributed by atoms with van der Waals surface area (Å²) in [6.45, 7) is 1.20. The first-order valence-electron chi connectivity index (χ1n) is 6.08. The Morgan fingerprint density at radius 1 is 1.28 bits per heavy atom. The van der Waals surface area contributed by atoms with Gasteiger partial charge in [0.2, 0.25) is 0 Å². The molecule has 0 bridgehead atoms. The summed E-state index contributed by atoms with van der Waals surface area (Å²) in [5, 5.41) is 21.3. The van der Waals surface area contributed by atoms with E-state index in [2.05, 4.69) is 5.32 Å². The van der Waals surface area contributed by atoms with Gasteiger partial charge in [0, 0.05) is 24.8 Å². The van der Waals surface area contributed by atoms with Gasteiger partial charge in [-0.3, -0.25) is 4.79 Å². The lowest BCUT2D eigenvalue weighted by atomic mass is 10.1. The molecule has 1 fully saturated rings. The number of hydrogen-bond donors (Lipinski definition) is 3. The standard InChI is InChI=1S/C13H17NO4/c15-10-5-9(6-11(16)7-10)13(17)14-8-12-3-1-2-4-18-12/h5-7,12,15-16H,1-4,8H2,(H,14,17). The zero-order valence-electron chi connectivity index (χ0n) is 10.1. The van der Waals surface area contributed by atoms with Gasteiger partial charge in [0.1, 0.15) is 11.5 Å². The van der Waals surface area contributed by atoms with Gasteiger partial charge in [-0.25, -0.2) is 0 Å². The van der Waals surface area contributed by atoms with Gasteiger partial charge in [0.05, 0.1) is 6.10 Å². The fourth-order valence-electron chi connectivity index (χ4n) is 2.00. The highest BCUT2D eigenvalue weighted by molar-refractivity contribution is 5.95. The van der Waals surface area contributed by atoms with Crippen LogP contribution in [0.3, 0.4) is 0 Å². The summed E-state index contributed by atoms with van der Waals surface area (Å²) >= 11 is 0. The monoisotopic (exact) mass is 251 g/mol. The molecule has 0 aliphatic carbocycles. The maximum absolute atomic E-state index is 11.8. The van der Waals surface area contributed by atoms with E-state index in [1.54, 1.807) is 0 Å². The number of aromatic hydroxyl groups is 2. The number of carbonyl (C=O) groups excluding carboxylic acids is 1. The average molecular weight is 251 g/mol. The smallest absolute Gasteiger partial charge is 0.251 e. The molecule has 1 saturated heterocycles. The van der Waals surface area contributed by atoms with E-state index in [1.165, 1.54) is 18.2 Å². The topological polar surface area (TPSA) is 78.8 Å². The van der Waals surface area contributed by atoms with Crippen molar-refractivity contribution in [3.8, 4) is 11.5 Å². The van der Waals surface area contributed by atoms with Crippen molar-refractivity contribution in [1.29, 1.82) is 0 Å². The second-order valence-corrected chi connectivity index (χ2v) is 4.44. The SMILES string of the molecule is O=C(NCC1CCCCO1)c1cc(O)cc(O)c1. The van der Waals surface area contributed by atoms with Crippen molar-refractivity contribution < 1.29 is 19.7 Å². The van der Waals surface area contributed by atoms with Gasteiger partial charge in [-0.2, -0.15) is 0 Å². The largest absolute Gasteiger partial charge is 0.508 e. The van der Waals surface area contributed by atoms with E-state index in [4.69, 9.17) is 4.74 Å². The van der Waals surface area contributed by atoms with Gasteiger partial charge in [0.25, 0.3) is 5.91 Å². The van der Waals surface area contributed by atoms with Gasteiger partial charge in [-0.15, -0.1) is 0 Å². The Kier molecular flexibility index (Phi) is 4.04. The van der Waals surface area contributed by atoms with Crippen molar-refractivity contribution in [2.24, 2.45) is 0 Å². The number of carbonyl (C=O) groups is 1. The molecule has 1 atom stereocenters. The number of amides is 1. The molecule has 1 amide bonds. The van der Waals surface area contributed by atoms with Crippen LogP contribution in [0.1, 0.15) is 29.6 Å². The van der Waals surface area contributed by atoms with Crippen molar-refractivity contribution >= 4 is 5.91 Å². The number of nitrogens with one attached hydrogen (secondary N) is 1. The molecular weight excluding hydrogens is 234 g/mol. The Labute approximate surface area is 105 Å². The number of hydrogen-bond acceptors (Lipinski definition) is 4. The fraction of sp³-hybridized carbons (Fsp3) is 0.462. The van der Waals surface area contributed by atoms with Crippen LogP contribution in [-0.4, -0.2) is 35.4 Å². The fourth-order valence-corrected chi connectivity index (χ4v) is 2.00. The summed E-state index contributed by atoms with van der Waals surface area (Å²) < 4.78 is 5.50. The lowest BCUT2D eigenvalue weighted by Gasteiger charge is -2.22. The highest BCUT2D eigenvalue weighted by atomic mass is 16.5. The first-order chi connectivity index (χ1) is 8.65. The third-order valence-electron chi connectivity index (χ3n) is 2.93. The van der Waals surface area contributed by atoms with Crippen molar-refractivity contribution in [3.63, 3.8) is 0 Å². The molecule has 98 valence electrons. The van der Waals surface area contributed by atoms with Crippen LogP contribution in [-0.2, 0) is 4.74 Å². The Morgan fingerprint density at radius 2 is 2.00 bits per heavy atom.